The molecule has 0 saturated heterocycles. The molecule has 0 saturated carbocycles. The molecule has 0 aliphatic rings. The molecule has 2 aromatic rings. The van der Waals surface area contributed by atoms with E-state index < -0.39 is 17.7 Å². The Morgan fingerprint density at radius 2 is 1.81 bits per heavy atom. The van der Waals surface area contributed by atoms with Gasteiger partial charge in [0.05, 0.1) is 11.1 Å². The second-order valence-corrected chi connectivity index (χ2v) is 5.49. The van der Waals surface area contributed by atoms with E-state index in [0.29, 0.717) is 10.5 Å². The first-order chi connectivity index (χ1) is 9.79. The minimum absolute atomic E-state index is 0.0465. The first-order valence-electron chi connectivity index (χ1n) is 5.97. The van der Waals surface area contributed by atoms with E-state index in [0.717, 1.165) is 17.8 Å². The lowest BCUT2D eigenvalue weighted by molar-refractivity contribution is -0.139. The van der Waals surface area contributed by atoms with Crippen molar-refractivity contribution in [2.45, 2.75) is 22.9 Å². The molecule has 0 atom stereocenters. The predicted octanol–water partition coefficient (Wildman–Crippen LogP) is 4.86. The van der Waals surface area contributed by atoms with E-state index in [-0.39, 0.29) is 10.5 Å². The summed E-state index contributed by atoms with van der Waals surface area (Å²) < 4.78 is 38.7. The smallest absolute Gasteiger partial charge is 0.417 e. The van der Waals surface area contributed by atoms with Gasteiger partial charge in [-0.15, -0.1) is 0 Å². The second kappa shape index (κ2) is 5.81. The standard InChI is InChI=1S/C15H11F3O2S/c1-9-6-7-10(8-11(9)14(19)20)21-13-5-3-2-4-12(13)15(16,17)18/h2-8H,1H3,(H,19,20). The summed E-state index contributed by atoms with van der Waals surface area (Å²) in [5, 5.41) is 9.05. The average molecular weight is 312 g/mol. The number of hydrogen-bond donors (Lipinski definition) is 1. The van der Waals surface area contributed by atoms with Crippen LogP contribution in [0.2, 0.25) is 0 Å². The van der Waals surface area contributed by atoms with E-state index >= 15 is 0 Å². The molecule has 0 amide bonds. The molecule has 0 fully saturated rings. The highest BCUT2D eigenvalue weighted by Gasteiger charge is 2.33. The average Bonchev–Trinajstić information content (AvgIpc) is 2.40. The van der Waals surface area contributed by atoms with Gasteiger partial charge in [0, 0.05) is 9.79 Å². The van der Waals surface area contributed by atoms with Crippen molar-refractivity contribution in [3.63, 3.8) is 0 Å². The quantitative estimate of drug-likeness (QED) is 0.879. The number of hydrogen-bond acceptors (Lipinski definition) is 2. The number of rotatable bonds is 3. The molecule has 0 aromatic heterocycles. The van der Waals surface area contributed by atoms with Gasteiger partial charge in [-0.1, -0.05) is 30.0 Å². The molecule has 110 valence electrons. The number of carbonyl (C=O) groups is 1. The Kier molecular flexibility index (Phi) is 4.27. The van der Waals surface area contributed by atoms with Gasteiger partial charge in [-0.25, -0.2) is 4.79 Å². The first-order valence-corrected chi connectivity index (χ1v) is 6.78. The fraction of sp³-hybridized carbons (Fsp3) is 0.133. The van der Waals surface area contributed by atoms with Crippen LogP contribution in [0.4, 0.5) is 13.2 Å². The maximum atomic E-state index is 12.9. The van der Waals surface area contributed by atoms with E-state index in [2.05, 4.69) is 0 Å². The predicted molar refractivity (Wildman–Crippen MR) is 73.7 cm³/mol. The zero-order chi connectivity index (χ0) is 15.6. The summed E-state index contributed by atoms with van der Waals surface area (Å²) in [6.45, 7) is 1.64. The van der Waals surface area contributed by atoms with E-state index in [1.807, 2.05) is 0 Å². The van der Waals surface area contributed by atoms with Crippen LogP contribution in [0.1, 0.15) is 21.5 Å². The number of halogens is 3. The second-order valence-electron chi connectivity index (χ2n) is 4.38. The number of carboxylic acids is 1. The van der Waals surface area contributed by atoms with Crippen LogP contribution >= 0.6 is 11.8 Å². The molecule has 2 aromatic carbocycles. The van der Waals surface area contributed by atoms with Gasteiger partial charge in [0.25, 0.3) is 0 Å². The summed E-state index contributed by atoms with van der Waals surface area (Å²) in [6.07, 6.45) is -4.44. The van der Waals surface area contributed by atoms with E-state index in [9.17, 15) is 18.0 Å². The largest absolute Gasteiger partial charge is 0.478 e. The lowest BCUT2D eigenvalue weighted by atomic mass is 10.1. The third kappa shape index (κ3) is 3.58. The zero-order valence-corrected chi connectivity index (χ0v) is 11.8. The molecule has 0 heterocycles. The van der Waals surface area contributed by atoms with Crippen molar-refractivity contribution < 1.29 is 23.1 Å². The van der Waals surface area contributed by atoms with Crippen molar-refractivity contribution in [3.8, 4) is 0 Å². The summed E-state index contributed by atoms with van der Waals surface area (Å²) in [4.78, 5) is 11.6. The van der Waals surface area contributed by atoms with Crippen LogP contribution in [0.15, 0.2) is 52.3 Å². The molecule has 21 heavy (non-hydrogen) atoms. The van der Waals surface area contributed by atoms with Gasteiger partial charge < -0.3 is 5.11 Å². The van der Waals surface area contributed by atoms with E-state index in [4.69, 9.17) is 5.11 Å². The third-order valence-electron chi connectivity index (χ3n) is 2.86. The molecule has 0 aliphatic carbocycles. The van der Waals surface area contributed by atoms with Gasteiger partial charge in [-0.05, 0) is 36.8 Å². The Balaban J connectivity index is 2.40. The number of alkyl halides is 3. The fourth-order valence-electron chi connectivity index (χ4n) is 1.81. The van der Waals surface area contributed by atoms with Crippen LogP contribution in [0, 0.1) is 6.92 Å². The number of carboxylic acid groups (broad SMARTS) is 1. The van der Waals surface area contributed by atoms with Crippen molar-refractivity contribution in [1.82, 2.24) is 0 Å². The summed E-state index contributed by atoms with van der Waals surface area (Å²) in [5.41, 5.74) is -0.0760. The minimum Gasteiger partial charge on any atom is -0.478 e. The zero-order valence-electron chi connectivity index (χ0n) is 10.9. The van der Waals surface area contributed by atoms with Crippen LogP contribution in [0.3, 0.4) is 0 Å². The van der Waals surface area contributed by atoms with Gasteiger partial charge >= 0.3 is 12.1 Å². The van der Waals surface area contributed by atoms with E-state index in [1.165, 1.54) is 24.3 Å². The van der Waals surface area contributed by atoms with Crippen LogP contribution in [-0.2, 0) is 6.18 Å². The molecule has 0 radical (unpaired) electrons. The SMILES string of the molecule is Cc1ccc(Sc2ccccc2C(F)(F)F)cc1C(=O)O. The van der Waals surface area contributed by atoms with Crippen molar-refractivity contribution in [3.05, 3.63) is 59.2 Å². The third-order valence-corrected chi connectivity index (χ3v) is 3.93. The van der Waals surface area contributed by atoms with Crippen LogP contribution in [0.25, 0.3) is 0 Å². The monoisotopic (exact) mass is 312 g/mol. The first kappa shape index (κ1) is 15.4. The Morgan fingerprint density at radius 3 is 2.43 bits per heavy atom. The molecule has 2 rings (SSSR count). The lowest BCUT2D eigenvalue weighted by Crippen LogP contribution is -2.06. The van der Waals surface area contributed by atoms with Crippen molar-refractivity contribution in [2.75, 3.05) is 0 Å². The molecule has 2 nitrogen and oxygen atoms in total. The summed E-state index contributed by atoms with van der Waals surface area (Å²) in [7, 11) is 0. The van der Waals surface area contributed by atoms with Crippen molar-refractivity contribution >= 4 is 17.7 Å². The van der Waals surface area contributed by atoms with Gasteiger partial charge in [-0.2, -0.15) is 13.2 Å². The number of aromatic carboxylic acids is 1. The topological polar surface area (TPSA) is 37.3 Å². The van der Waals surface area contributed by atoms with Crippen LogP contribution in [-0.4, -0.2) is 11.1 Å². The Labute approximate surface area is 123 Å². The minimum atomic E-state index is -4.44. The maximum Gasteiger partial charge on any atom is 0.417 e. The lowest BCUT2D eigenvalue weighted by Gasteiger charge is -2.12. The van der Waals surface area contributed by atoms with Crippen LogP contribution < -0.4 is 0 Å². The summed E-state index contributed by atoms with van der Waals surface area (Å²) in [5.74, 6) is -1.10. The van der Waals surface area contributed by atoms with Gasteiger partial charge in [0.15, 0.2) is 0 Å². The Bertz CT molecular complexity index is 681. The molecule has 0 bridgehead atoms. The number of aryl methyl sites for hydroxylation is 1. The Morgan fingerprint density at radius 1 is 1.14 bits per heavy atom. The normalized spacial score (nSPS) is 11.4. The molecule has 0 spiro atoms. The van der Waals surface area contributed by atoms with Crippen molar-refractivity contribution in [2.24, 2.45) is 0 Å². The fourth-order valence-corrected chi connectivity index (χ4v) is 2.82. The number of benzene rings is 2. The summed E-state index contributed by atoms with van der Waals surface area (Å²) in [6, 6.07) is 9.80. The molecule has 1 N–H and O–H groups in total. The van der Waals surface area contributed by atoms with Gasteiger partial charge in [0.1, 0.15) is 0 Å². The highest BCUT2D eigenvalue weighted by atomic mass is 32.2. The van der Waals surface area contributed by atoms with Crippen molar-refractivity contribution in [1.29, 1.82) is 0 Å². The molecular formula is C15H11F3O2S. The molecular weight excluding hydrogens is 301 g/mol. The molecule has 0 unspecified atom stereocenters. The highest BCUT2D eigenvalue weighted by molar-refractivity contribution is 7.99. The molecule has 6 heteroatoms. The van der Waals surface area contributed by atoms with Gasteiger partial charge in [0.2, 0.25) is 0 Å². The van der Waals surface area contributed by atoms with E-state index in [1.54, 1.807) is 19.1 Å². The Hall–Kier alpha value is -1.95. The molecule has 0 aliphatic heterocycles. The maximum absolute atomic E-state index is 12.9. The van der Waals surface area contributed by atoms with Crippen LogP contribution in [0.5, 0.6) is 0 Å². The highest BCUT2D eigenvalue weighted by Crippen LogP contribution is 2.39. The van der Waals surface area contributed by atoms with Gasteiger partial charge in [-0.3, -0.25) is 0 Å². The summed E-state index contributed by atoms with van der Waals surface area (Å²) >= 11 is 0.898.